The predicted molar refractivity (Wildman–Crippen MR) is 39.1 cm³/mol. The third-order valence-electron chi connectivity index (χ3n) is 1.82. The van der Waals surface area contributed by atoms with Crippen LogP contribution in [0, 0.1) is 0 Å². The minimum atomic E-state index is 1.14. The summed E-state index contributed by atoms with van der Waals surface area (Å²) >= 11 is 0. The summed E-state index contributed by atoms with van der Waals surface area (Å²) < 4.78 is 0. The van der Waals surface area contributed by atoms with Crippen molar-refractivity contribution in [1.82, 2.24) is 0 Å². The largest absolute Gasteiger partial charge is 0.0985 e. The van der Waals surface area contributed by atoms with Crippen LogP contribution < -0.4 is 0 Å². The molecule has 44 valence electrons. The molecule has 0 aromatic heterocycles. The highest BCUT2D eigenvalue weighted by Gasteiger charge is 2.14. The van der Waals surface area contributed by atoms with E-state index in [9.17, 15) is 0 Å². The van der Waals surface area contributed by atoms with Gasteiger partial charge in [-0.15, -0.1) is 0 Å². The first-order chi connectivity index (χ1) is 4.40. The van der Waals surface area contributed by atoms with Crippen LogP contribution in [0.3, 0.4) is 0 Å². The van der Waals surface area contributed by atoms with Crippen molar-refractivity contribution in [3.63, 3.8) is 0 Å². The Bertz CT molecular complexity index is 249. The minimum Gasteiger partial charge on any atom is -0.0985 e. The Morgan fingerprint density at radius 2 is 2.33 bits per heavy atom. The first kappa shape index (κ1) is 4.80. The van der Waals surface area contributed by atoms with E-state index in [0.29, 0.717) is 0 Å². The molecule has 0 N–H and O–H groups in total. The van der Waals surface area contributed by atoms with Gasteiger partial charge < -0.3 is 0 Å². The van der Waals surface area contributed by atoms with Crippen molar-refractivity contribution < 1.29 is 0 Å². The fourth-order valence-electron chi connectivity index (χ4n) is 1.33. The maximum absolute atomic E-state index is 3.73. The van der Waals surface area contributed by atoms with Gasteiger partial charge in [0.15, 0.2) is 0 Å². The molecule has 2 rings (SSSR count). The van der Waals surface area contributed by atoms with E-state index in [0.717, 1.165) is 6.42 Å². The molecule has 0 heteroatoms. The number of fused-ring (bicyclic) bond motifs is 2. The zero-order valence-electron chi connectivity index (χ0n) is 5.22. The Labute approximate surface area is 54.9 Å². The third kappa shape index (κ3) is 0.531. The standard InChI is InChI=1S/C9H8/c1-2-8-5-7-3-4-9(8)6-7/h2-5H,1,6H2. The van der Waals surface area contributed by atoms with Gasteiger partial charge in [0.2, 0.25) is 0 Å². The van der Waals surface area contributed by atoms with Crippen molar-refractivity contribution in [2.75, 3.05) is 0 Å². The molecule has 0 nitrogen and oxygen atoms in total. The molecule has 0 heterocycles. The maximum Gasteiger partial charge on any atom is -0.00196 e. The average Bonchev–Trinajstić information content (AvgIpc) is 2.45. The maximum atomic E-state index is 3.73. The lowest BCUT2D eigenvalue weighted by molar-refractivity contribution is 1.31. The molecule has 0 aliphatic heterocycles. The molecule has 0 radical (unpaired) electrons. The zero-order chi connectivity index (χ0) is 6.27. The molecule has 2 aliphatic carbocycles. The molecule has 0 aromatic carbocycles. The van der Waals surface area contributed by atoms with Gasteiger partial charge in [-0.05, 0) is 23.1 Å². The van der Waals surface area contributed by atoms with Crippen molar-refractivity contribution in [3.8, 4) is 0 Å². The van der Waals surface area contributed by atoms with Gasteiger partial charge in [0.25, 0.3) is 0 Å². The van der Waals surface area contributed by atoms with Crippen molar-refractivity contribution in [2.45, 2.75) is 6.42 Å². The van der Waals surface area contributed by atoms with Gasteiger partial charge in [-0.3, -0.25) is 0 Å². The van der Waals surface area contributed by atoms with E-state index in [-0.39, 0.29) is 0 Å². The van der Waals surface area contributed by atoms with Gasteiger partial charge in [-0.1, -0.05) is 30.9 Å². The molecule has 0 fully saturated rings. The molecule has 0 amide bonds. The summed E-state index contributed by atoms with van der Waals surface area (Å²) in [6, 6.07) is 0. The van der Waals surface area contributed by atoms with Crippen molar-refractivity contribution in [3.05, 3.63) is 47.6 Å². The van der Waals surface area contributed by atoms with Crippen LogP contribution in [0.4, 0.5) is 0 Å². The summed E-state index contributed by atoms with van der Waals surface area (Å²) in [7, 11) is 0. The molecule has 0 spiro atoms. The summed E-state index contributed by atoms with van der Waals surface area (Å²) in [6.07, 6.45) is 9.60. The number of allylic oxidation sites excluding steroid dienone is 7. The Morgan fingerprint density at radius 3 is 2.67 bits per heavy atom. The van der Waals surface area contributed by atoms with Crippen molar-refractivity contribution in [1.29, 1.82) is 0 Å². The first-order valence-corrected chi connectivity index (χ1v) is 3.14. The van der Waals surface area contributed by atoms with Crippen LogP contribution in [0.2, 0.25) is 0 Å². The van der Waals surface area contributed by atoms with Gasteiger partial charge in [0.05, 0.1) is 0 Å². The number of hydrogen-bond acceptors (Lipinski definition) is 0. The molecule has 9 heavy (non-hydrogen) atoms. The van der Waals surface area contributed by atoms with Crippen molar-refractivity contribution in [2.24, 2.45) is 0 Å². The Kier molecular flexibility index (Phi) is 0.786. The lowest BCUT2D eigenvalue weighted by Gasteiger charge is -1.91. The summed E-state index contributed by atoms with van der Waals surface area (Å²) in [4.78, 5) is 0. The predicted octanol–water partition coefficient (Wildman–Crippen LogP) is 2.37. The van der Waals surface area contributed by atoms with E-state index >= 15 is 0 Å². The van der Waals surface area contributed by atoms with Gasteiger partial charge in [0.1, 0.15) is 0 Å². The fourth-order valence-corrected chi connectivity index (χ4v) is 1.33. The fraction of sp³-hybridized carbons (Fsp3) is 0.111. The lowest BCUT2D eigenvalue weighted by atomic mass is 10.1. The molecule has 2 aliphatic rings. The third-order valence-corrected chi connectivity index (χ3v) is 1.82. The normalized spacial score (nSPS) is 21.1. The van der Waals surface area contributed by atoms with E-state index in [1.54, 1.807) is 0 Å². The Balaban J connectivity index is 2.56. The molecule has 0 unspecified atom stereocenters. The average molecular weight is 116 g/mol. The second-order valence-electron chi connectivity index (χ2n) is 2.41. The van der Waals surface area contributed by atoms with Crippen LogP contribution in [0.5, 0.6) is 0 Å². The highest BCUT2D eigenvalue weighted by molar-refractivity contribution is 5.58. The molecular weight excluding hydrogens is 108 g/mol. The highest BCUT2D eigenvalue weighted by Crippen LogP contribution is 2.33. The monoisotopic (exact) mass is 116 g/mol. The van der Waals surface area contributed by atoms with Gasteiger partial charge >= 0.3 is 0 Å². The van der Waals surface area contributed by atoms with Crippen molar-refractivity contribution >= 4 is 0 Å². The zero-order valence-corrected chi connectivity index (χ0v) is 5.22. The van der Waals surface area contributed by atoms with E-state index in [4.69, 9.17) is 0 Å². The van der Waals surface area contributed by atoms with E-state index in [1.807, 2.05) is 6.08 Å². The smallest absolute Gasteiger partial charge is 0.00196 e. The van der Waals surface area contributed by atoms with E-state index < -0.39 is 0 Å². The second-order valence-corrected chi connectivity index (χ2v) is 2.41. The summed E-state index contributed by atoms with van der Waals surface area (Å²) in [5, 5.41) is 0. The van der Waals surface area contributed by atoms with Crippen LogP contribution in [0.1, 0.15) is 6.42 Å². The molecule has 0 saturated carbocycles. The quantitative estimate of drug-likeness (QED) is 0.493. The summed E-state index contributed by atoms with van der Waals surface area (Å²) in [6.45, 7) is 3.73. The SMILES string of the molecule is C=CC1=C2C=CC(=C1)C2. The Morgan fingerprint density at radius 1 is 1.44 bits per heavy atom. The minimum absolute atomic E-state index is 1.14. The van der Waals surface area contributed by atoms with E-state index in [1.165, 1.54) is 16.7 Å². The van der Waals surface area contributed by atoms with Crippen LogP contribution in [-0.4, -0.2) is 0 Å². The molecule has 2 bridgehead atoms. The van der Waals surface area contributed by atoms with Gasteiger partial charge in [0, 0.05) is 0 Å². The van der Waals surface area contributed by atoms with Gasteiger partial charge in [-0.2, -0.15) is 0 Å². The van der Waals surface area contributed by atoms with E-state index in [2.05, 4.69) is 24.8 Å². The molecule has 0 atom stereocenters. The number of rotatable bonds is 1. The Hall–Kier alpha value is -1.04. The highest BCUT2D eigenvalue weighted by atomic mass is 14.2. The summed E-state index contributed by atoms with van der Waals surface area (Å²) in [5.41, 5.74) is 4.17. The van der Waals surface area contributed by atoms with Crippen LogP contribution in [0.15, 0.2) is 47.6 Å². The lowest BCUT2D eigenvalue weighted by Crippen LogP contribution is -1.72. The topological polar surface area (TPSA) is 0 Å². The van der Waals surface area contributed by atoms with Crippen LogP contribution >= 0.6 is 0 Å². The first-order valence-electron chi connectivity index (χ1n) is 3.14. The number of hydrogen-bond donors (Lipinski definition) is 0. The second kappa shape index (κ2) is 1.47. The van der Waals surface area contributed by atoms with Crippen LogP contribution in [-0.2, 0) is 0 Å². The molecule has 0 saturated heterocycles. The van der Waals surface area contributed by atoms with Gasteiger partial charge in [-0.25, -0.2) is 0 Å². The molecule has 0 aromatic rings. The van der Waals surface area contributed by atoms with Crippen LogP contribution in [0.25, 0.3) is 0 Å². The summed E-state index contributed by atoms with van der Waals surface area (Å²) in [5.74, 6) is 0. The molecular formula is C9H8.